The van der Waals surface area contributed by atoms with Crippen molar-refractivity contribution in [2.45, 2.75) is 13.5 Å². The average molecular weight is 409 g/mol. The van der Waals surface area contributed by atoms with Crippen LogP contribution in [-0.4, -0.2) is 51.1 Å². The van der Waals surface area contributed by atoms with Crippen LogP contribution < -0.4 is 20.1 Å². The molecule has 2 aromatic rings. The maximum absolute atomic E-state index is 12.3. The number of aliphatic imine (C=N–C) groups is 1. The molecule has 0 aliphatic carbocycles. The second-order valence-electron chi connectivity index (χ2n) is 6.48. The van der Waals surface area contributed by atoms with Crippen molar-refractivity contribution in [3.63, 3.8) is 0 Å². The number of carbonyl (C=O) groups excluding carboxylic acids is 1. The Bertz CT molecular complexity index is 934. The van der Waals surface area contributed by atoms with E-state index in [0.717, 1.165) is 17.1 Å². The fraction of sp³-hybridized carbons (Fsp3) is 0.304. The zero-order chi connectivity index (χ0) is 21.9. The number of guanidine groups is 1. The van der Waals surface area contributed by atoms with E-state index in [9.17, 15) is 4.79 Å². The van der Waals surface area contributed by atoms with E-state index in [2.05, 4.69) is 21.5 Å². The van der Waals surface area contributed by atoms with Gasteiger partial charge in [-0.05, 0) is 37.3 Å². The molecule has 2 rings (SSSR count). The second kappa shape index (κ2) is 11.4. The van der Waals surface area contributed by atoms with Gasteiger partial charge in [0.2, 0.25) is 5.91 Å². The topological polar surface area (TPSA) is 75.2 Å². The summed E-state index contributed by atoms with van der Waals surface area (Å²) in [6.07, 6.45) is 5.40. The molecule has 0 saturated carbocycles. The smallest absolute Gasteiger partial charge is 0.246 e. The summed E-state index contributed by atoms with van der Waals surface area (Å²) in [7, 11) is 5.14. The Morgan fingerprint density at radius 2 is 2.00 bits per heavy atom. The monoisotopic (exact) mass is 408 g/mol. The van der Waals surface area contributed by atoms with Gasteiger partial charge in [0.05, 0.1) is 14.2 Å². The number of hydrogen-bond acceptors (Lipinski definition) is 4. The van der Waals surface area contributed by atoms with Crippen molar-refractivity contribution in [3.05, 3.63) is 53.6 Å². The van der Waals surface area contributed by atoms with Gasteiger partial charge in [0.1, 0.15) is 18.0 Å². The molecule has 0 radical (unpaired) electrons. The molecular weight excluding hydrogens is 380 g/mol. The van der Waals surface area contributed by atoms with Crippen molar-refractivity contribution in [2.24, 2.45) is 4.99 Å². The number of benzene rings is 2. The Hall–Kier alpha value is -3.66. The Morgan fingerprint density at radius 3 is 2.67 bits per heavy atom. The normalized spacial score (nSPS) is 10.7. The molecule has 0 spiro atoms. The molecule has 0 bridgehead atoms. The molecule has 2 N–H and O–H groups in total. The molecule has 0 fully saturated rings. The average Bonchev–Trinajstić information content (AvgIpc) is 2.76. The van der Waals surface area contributed by atoms with Crippen LogP contribution in [0.15, 0.2) is 47.5 Å². The molecule has 7 nitrogen and oxygen atoms in total. The van der Waals surface area contributed by atoms with Gasteiger partial charge in [0.25, 0.3) is 0 Å². The predicted molar refractivity (Wildman–Crippen MR) is 120 cm³/mol. The SMILES string of the molecule is C#Cc1cccc(NC(=O)CN=C(NCC)N(C)Cc2ccc(OC)cc2OC)c1. The zero-order valence-electron chi connectivity index (χ0n) is 17.9. The maximum atomic E-state index is 12.3. The van der Waals surface area contributed by atoms with Gasteiger partial charge >= 0.3 is 0 Å². The molecule has 0 aliphatic rings. The fourth-order valence-corrected chi connectivity index (χ4v) is 2.82. The van der Waals surface area contributed by atoms with Crippen molar-refractivity contribution in [2.75, 3.05) is 39.7 Å². The molecule has 158 valence electrons. The van der Waals surface area contributed by atoms with E-state index in [1.54, 1.807) is 38.5 Å². The quantitative estimate of drug-likeness (QED) is 0.399. The molecule has 0 saturated heterocycles. The molecule has 30 heavy (non-hydrogen) atoms. The minimum absolute atomic E-state index is 0.0211. The summed E-state index contributed by atoms with van der Waals surface area (Å²) < 4.78 is 10.7. The third kappa shape index (κ3) is 6.45. The molecule has 0 heterocycles. The lowest BCUT2D eigenvalue weighted by atomic mass is 10.2. The number of terminal acetylenes is 1. The number of rotatable bonds is 8. The van der Waals surface area contributed by atoms with Crippen LogP contribution in [-0.2, 0) is 11.3 Å². The van der Waals surface area contributed by atoms with Crippen LogP contribution >= 0.6 is 0 Å². The summed E-state index contributed by atoms with van der Waals surface area (Å²) in [5.74, 6) is 4.39. The highest BCUT2D eigenvalue weighted by molar-refractivity contribution is 5.94. The van der Waals surface area contributed by atoms with Gasteiger partial charge in [-0.25, -0.2) is 4.99 Å². The molecule has 0 atom stereocenters. The molecule has 0 aliphatic heterocycles. The summed E-state index contributed by atoms with van der Waals surface area (Å²) in [5.41, 5.74) is 2.33. The van der Waals surface area contributed by atoms with Crippen LogP contribution in [0.2, 0.25) is 0 Å². The number of hydrogen-bond donors (Lipinski definition) is 2. The van der Waals surface area contributed by atoms with E-state index in [1.807, 2.05) is 37.1 Å². The van der Waals surface area contributed by atoms with E-state index >= 15 is 0 Å². The summed E-state index contributed by atoms with van der Waals surface area (Å²) in [6, 6.07) is 12.8. The summed E-state index contributed by atoms with van der Waals surface area (Å²) in [5, 5.41) is 6.02. The lowest BCUT2D eigenvalue weighted by Gasteiger charge is -2.23. The Morgan fingerprint density at radius 1 is 1.20 bits per heavy atom. The number of anilines is 1. The first-order chi connectivity index (χ1) is 14.5. The van der Waals surface area contributed by atoms with Crippen molar-refractivity contribution >= 4 is 17.6 Å². The van der Waals surface area contributed by atoms with Crippen molar-refractivity contribution in [1.82, 2.24) is 10.2 Å². The van der Waals surface area contributed by atoms with Crippen molar-refractivity contribution in [3.8, 4) is 23.8 Å². The van der Waals surface area contributed by atoms with Crippen LogP contribution in [0.3, 0.4) is 0 Å². The fourth-order valence-electron chi connectivity index (χ4n) is 2.82. The van der Waals surface area contributed by atoms with Gasteiger partial charge in [-0.1, -0.05) is 12.0 Å². The molecule has 2 aromatic carbocycles. The molecule has 0 aromatic heterocycles. The largest absolute Gasteiger partial charge is 0.497 e. The predicted octanol–water partition coefficient (Wildman–Crippen LogP) is 2.72. The van der Waals surface area contributed by atoms with Gasteiger partial charge in [-0.15, -0.1) is 6.42 Å². The van der Waals surface area contributed by atoms with Crippen LogP contribution in [0.1, 0.15) is 18.1 Å². The van der Waals surface area contributed by atoms with Crippen molar-refractivity contribution < 1.29 is 14.3 Å². The van der Waals surface area contributed by atoms with Gasteiger partial charge in [-0.3, -0.25) is 4.79 Å². The first-order valence-corrected chi connectivity index (χ1v) is 9.57. The Labute approximate surface area is 178 Å². The number of amides is 1. The van der Waals surface area contributed by atoms with E-state index in [-0.39, 0.29) is 12.5 Å². The number of methoxy groups -OCH3 is 2. The number of nitrogens with one attached hydrogen (secondary N) is 2. The number of nitrogens with zero attached hydrogens (tertiary/aromatic N) is 2. The minimum atomic E-state index is -0.227. The van der Waals surface area contributed by atoms with Gasteiger partial charge in [0, 0.05) is 43.0 Å². The van der Waals surface area contributed by atoms with Gasteiger partial charge < -0.3 is 25.0 Å². The van der Waals surface area contributed by atoms with Crippen molar-refractivity contribution in [1.29, 1.82) is 0 Å². The standard InChI is InChI=1S/C23H28N4O3/c1-6-17-9-8-10-19(13-17)26-22(28)15-25-23(24-7-2)27(3)16-18-11-12-20(29-4)14-21(18)30-5/h1,8-14H,7,15-16H2,2-5H3,(H,24,25)(H,26,28). The lowest BCUT2D eigenvalue weighted by Crippen LogP contribution is -2.39. The number of carbonyl (C=O) groups is 1. The molecular formula is C23H28N4O3. The third-order valence-electron chi connectivity index (χ3n) is 4.28. The summed E-state index contributed by atoms with van der Waals surface area (Å²) in [4.78, 5) is 18.7. The highest BCUT2D eigenvalue weighted by atomic mass is 16.5. The second-order valence-corrected chi connectivity index (χ2v) is 6.48. The van der Waals surface area contributed by atoms with Crippen LogP contribution in [0, 0.1) is 12.3 Å². The highest BCUT2D eigenvalue weighted by Crippen LogP contribution is 2.25. The van der Waals surface area contributed by atoms with Crippen LogP contribution in [0.4, 0.5) is 5.69 Å². The lowest BCUT2D eigenvalue weighted by molar-refractivity contribution is -0.114. The molecule has 1 amide bonds. The zero-order valence-corrected chi connectivity index (χ0v) is 17.9. The van der Waals surface area contributed by atoms with Crippen LogP contribution in [0.25, 0.3) is 0 Å². The van der Waals surface area contributed by atoms with Gasteiger partial charge in [-0.2, -0.15) is 0 Å². The Kier molecular flexibility index (Phi) is 8.57. The van der Waals surface area contributed by atoms with E-state index in [1.165, 1.54) is 0 Å². The first kappa shape index (κ1) is 22.6. The van der Waals surface area contributed by atoms with Gasteiger partial charge in [0.15, 0.2) is 5.96 Å². The minimum Gasteiger partial charge on any atom is -0.497 e. The summed E-state index contributed by atoms with van der Waals surface area (Å²) >= 11 is 0. The Balaban J connectivity index is 2.07. The van der Waals surface area contributed by atoms with E-state index in [0.29, 0.717) is 30.3 Å². The molecule has 7 heteroatoms. The third-order valence-corrected chi connectivity index (χ3v) is 4.28. The first-order valence-electron chi connectivity index (χ1n) is 9.57. The van der Waals surface area contributed by atoms with E-state index in [4.69, 9.17) is 15.9 Å². The number of ether oxygens (including phenoxy) is 2. The summed E-state index contributed by atoms with van der Waals surface area (Å²) in [6.45, 7) is 3.18. The molecule has 0 unspecified atom stereocenters. The van der Waals surface area contributed by atoms with E-state index < -0.39 is 0 Å². The van der Waals surface area contributed by atoms with Crippen LogP contribution in [0.5, 0.6) is 11.5 Å². The highest BCUT2D eigenvalue weighted by Gasteiger charge is 2.12. The maximum Gasteiger partial charge on any atom is 0.246 e.